The Balaban J connectivity index is 1.49. The first-order chi connectivity index (χ1) is 15.1. The van der Waals surface area contributed by atoms with Crippen molar-refractivity contribution in [3.63, 3.8) is 0 Å². The number of nitrogen functional groups attached to an aromatic ring is 1. The zero-order valence-electron chi connectivity index (χ0n) is 16.1. The number of nitriles is 1. The largest absolute Gasteiger partial charge is 0.420 e. The van der Waals surface area contributed by atoms with Crippen LogP contribution in [0.2, 0.25) is 0 Å². The van der Waals surface area contributed by atoms with Gasteiger partial charge in [-0.2, -0.15) is 5.26 Å². The number of anilines is 2. The number of thioether (sulfide) groups is 1. The van der Waals surface area contributed by atoms with E-state index in [1.165, 1.54) is 17.8 Å². The molecule has 9 heteroatoms. The number of para-hydroxylation sites is 1. The average Bonchev–Trinajstić information content (AvgIpc) is 3.28. The second-order valence-corrected chi connectivity index (χ2v) is 7.33. The zero-order chi connectivity index (χ0) is 21.6. The van der Waals surface area contributed by atoms with E-state index in [1.807, 2.05) is 36.4 Å². The number of carbonyl (C=O) groups excluding carboxylic acids is 1. The molecule has 0 atom stereocenters. The highest BCUT2D eigenvalue weighted by Crippen LogP contribution is 2.28. The molecule has 31 heavy (non-hydrogen) atoms. The molecular weight excluding hydrogens is 412 g/mol. The van der Waals surface area contributed by atoms with Gasteiger partial charge in [0.25, 0.3) is 5.91 Å². The Bertz CT molecular complexity index is 1250. The van der Waals surface area contributed by atoms with Gasteiger partial charge in [0.2, 0.25) is 11.8 Å². The molecule has 0 bridgehead atoms. The lowest BCUT2D eigenvalue weighted by molar-refractivity contribution is 0.102. The third-order valence-electron chi connectivity index (χ3n) is 4.23. The summed E-state index contributed by atoms with van der Waals surface area (Å²) < 4.78 is 5.67. The summed E-state index contributed by atoms with van der Waals surface area (Å²) in [5, 5.41) is 20.7. The summed E-state index contributed by atoms with van der Waals surface area (Å²) in [6.45, 7) is 0. The predicted molar refractivity (Wildman–Crippen MR) is 117 cm³/mol. The van der Waals surface area contributed by atoms with Crippen LogP contribution >= 0.6 is 11.8 Å². The molecule has 2 aromatic carbocycles. The zero-order valence-corrected chi connectivity index (χ0v) is 17.0. The number of rotatable bonds is 6. The van der Waals surface area contributed by atoms with Gasteiger partial charge in [-0.25, -0.2) is 4.98 Å². The molecule has 0 spiro atoms. The van der Waals surface area contributed by atoms with Gasteiger partial charge in [-0.05, 0) is 30.3 Å². The van der Waals surface area contributed by atoms with Crippen molar-refractivity contribution in [2.45, 2.75) is 10.8 Å². The highest BCUT2D eigenvalue weighted by atomic mass is 32.2. The van der Waals surface area contributed by atoms with E-state index < -0.39 is 5.91 Å². The van der Waals surface area contributed by atoms with Crippen LogP contribution in [0.4, 0.5) is 11.5 Å². The van der Waals surface area contributed by atoms with Gasteiger partial charge < -0.3 is 15.5 Å². The first-order valence-electron chi connectivity index (χ1n) is 9.21. The summed E-state index contributed by atoms with van der Waals surface area (Å²) in [6, 6.07) is 21.9. The first-order valence-corrected chi connectivity index (χ1v) is 10.2. The molecule has 0 saturated heterocycles. The van der Waals surface area contributed by atoms with Gasteiger partial charge in [0, 0.05) is 11.3 Å². The molecule has 0 aliphatic heterocycles. The van der Waals surface area contributed by atoms with Crippen molar-refractivity contribution in [1.29, 1.82) is 5.26 Å². The number of nitrogens with one attached hydrogen (secondary N) is 1. The highest BCUT2D eigenvalue weighted by Gasteiger charge is 2.17. The lowest BCUT2D eigenvalue weighted by atomic mass is 10.2. The van der Waals surface area contributed by atoms with E-state index in [-0.39, 0.29) is 16.9 Å². The number of benzene rings is 2. The molecule has 0 radical (unpaired) electrons. The maximum absolute atomic E-state index is 12.6. The highest BCUT2D eigenvalue weighted by molar-refractivity contribution is 7.98. The third-order valence-corrected chi connectivity index (χ3v) is 5.21. The van der Waals surface area contributed by atoms with Gasteiger partial charge in [-0.15, -0.1) is 10.2 Å². The number of nitrogens with zero attached hydrogens (tertiary/aromatic N) is 4. The van der Waals surface area contributed by atoms with Crippen LogP contribution in [0, 0.1) is 11.3 Å². The van der Waals surface area contributed by atoms with Crippen LogP contribution in [0.3, 0.4) is 0 Å². The van der Waals surface area contributed by atoms with Crippen molar-refractivity contribution in [2.24, 2.45) is 0 Å². The maximum Gasteiger partial charge on any atom is 0.259 e. The number of nitrogens with two attached hydrogens (primary N) is 1. The van der Waals surface area contributed by atoms with E-state index in [0.717, 1.165) is 5.56 Å². The molecule has 0 aliphatic carbocycles. The number of hydrogen-bond acceptors (Lipinski definition) is 8. The summed E-state index contributed by atoms with van der Waals surface area (Å²) in [6.07, 6.45) is 0. The standard InChI is InChI=1S/C22H16N6O2S/c23-12-15-11-17(20(29)25-16-9-5-2-6-10-16)19(24)26-22(15)31-13-18-27-28-21(30-18)14-7-3-1-4-8-14/h1-11H,13H2,(H2,24,26)(H,25,29). The molecule has 8 nitrogen and oxygen atoms in total. The second-order valence-electron chi connectivity index (χ2n) is 6.36. The van der Waals surface area contributed by atoms with E-state index in [1.54, 1.807) is 24.3 Å². The minimum Gasteiger partial charge on any atom is -0.420 e. The van der Waals surface area contributed by atoms with Gasteiger partial charge in [0.15, 0.2) is 0 Å². The third kappa shape index (κ3) is 4.71. The molecule has 4 aromatic rings. The molecular formula is C22H16N6O2S. The van der Waals surface area contributed by atoms with Crippen LogP contribution in [0.1, 0.15) is 21.8 Å². The molecule has 0 saturated carbocycles. The normalized spacial score (nSPS) is 10.4. The van der Waals surface area contributed by atoms with Gasteiger partial charge >= 0.3 is 0 Å². The fraction of sp³-hybridized carbons (Fsp3) is 0.0455. The number of hydrogen-bond donors (Lipinski definition) is 2. The Kier molecular flexibility index (Phi) is 5.91. The number of carbonyl (C=O) groups is 1. The smallest absolute Gasteiger partial charge is 0.259 e. The van der Waals surface area contributed by atoms with Crippen molar-refractivity contribution < 1.29 is 9.21 Å². The molecule has 152 valence electrons. The van der Waals surface area contributed by atoms with Gasteiger partial charge in [0.05, 0.1) is 16.9 Å². The van der Waals surface area contributed by atoms with Crippen molar-refractivity contribution in [1.82, 2.24) is 15.2 Å². The molecule has 0 fully saturated rings. The molecule has 0 aliphatic rings. The van der Waals surface area contributed by atoms with E-state index in [0.29, 0.717) is 28.2 Å². The van der Waals surface area contributed by atoms with E-state index in [9.17, 15) is 10.1 Å². The number of aromatic nitrogens is 3. The predicted octanol–water partition coefficient (Wildman–Crippen LogP) is 4.13. The molecule has 1 amide bonds. The van der Waals surface area contributed by atoms with Gasteiger partial charge in [-0.1, -0.05) is 48.2 Å². The molecule has 3 N–H and O–H groups in total. The Morgan fingerprint density at radius 2 is 1.81 bits per heavy atom. The van der Waals surface area contributed by atoms with Crippen LogP contribution in [0.25, 0.3) is 11.5 Å². The minimum atomic E-state index is -0.436. The topological polar surface area (TPSA) is 131 Å². The van der Waals surface area contributed by atoms with E-state index in [4.69, 9.17) is 10.2 Å². The van der Waals surface area contributed by atoms with Crippen molar-refractivity contribution in [2.75, 3.05) is 11.1 Å². The monoisotopic (exact) mass is 428 g/mol. The SMILES string of the molecule is N#Cc1cc(C(=O)Nc2ccccc2)c(N)nc1SCc1nnc(-c2ccccc2)o1. The van der Waals surface area contributed by atoms with Gasteiger partial charge in [-0.3, -0.25) is 4.79 Å². The van der Waals surface area contributed by atoms with E-state index in [2.05, 4.69) is 26.6 Å². The summed E-state index contributed by atoms with van der Waals surface area (Å²) in [5.41, 5.74) is 7.81. The minimum absolute atomic E-state index is 0.0328. The lowest BCUT2D eigenvalue weighted by Crippen LogP contribution is -2.15. The summed E-state index contributed by atoms with van der Waals surface area (Å²) >= 11 is 1.23. The molecule has 0 unspecified atom stereocenters. The summed E-state index contributed by atoms with van der Waals surface area (Å²) in [7, 11) is 0. The Hall–Kier alpha value is -4.16. The fourth-order valence-electron chi connectivity index (χ4n) is 2.74. The summed E-state index contributed by atoms with van der Waals surface area (Å²) in [4.78, 5) is 16.8. The number of pyridine rings is 1. The van der Waals surface area contributed by atoms with Crippen molar-refractivity contribution in [3.05, 3.63) is 83.7 Å². The molecule has 4 rings (SSSR count). The van der Waals surface area contributed by atoms with Crippen LogP contribution < -0.4 is 11.1 Å². The average molecular weight is 428 g/mol. The Labute approximate surface area is 182 Å². The van der Waals surface area contributed by atoms with Crippen molar-refractivity contribution in [3.8, 4) is 17.5 Å². The van der Waals surface area contributed by atoms with Crippen LogP contribution in [0.15, 0.2) is 76.2 Å². The fourth-order valence-corrected chi connectivity index (χ4v) is 3.54. The second kappa shape index (κ2) is 9.11. The maximum atomic E-state index is 12.6. The Morgan fingerprint density at radius 1 is 1.10 bits per heavy atom. The van der Waals surface area contributed by atoms with Crippen LogP contribution in [-0.2, 0) is 5.75 Å². The van der Waals surface area contributed by atoms with E-state index >= 15 is 0 Å². The Morgan fingerprint density at radius 3 is 2.52 bits per heavy atom. The van der Waals surface area contributed by atoms with Crippen molar-refractivity contribution >= 4 is 29.2 Å². The summed E-state index contributed by atoms with van der Waals surface area (Å²) in [5.74, 6) is 0.700. The quantitative estimate of drug-likeness (QED) is 0.438. The molecule has 2 heterocycles. The first kappa shape index (κ1) is 20.1. The van der Waals surface area contributed by atoms with Gasteiger partial charge in [0.1, 0.15) is 16.9 Å². The lowest BCUT2D eigenvalue weighted by Gasteiger charge is -2.09. The van der Waals surface area contributed by atoms with Crippen LogP contribution in [-0.4, -0.2) is 21.1 Å². The number of amides is 1. The molecule has 2 aromatic heterocycles. The van der Waals surface area contributed by atoms with Crippen LogP contribution in [0.5, 0.6) is 0 Å².